The molecule has 19 heavy (non-hydrogen) atoms. The van der Waals surface area contributed by atoms with Gasteiger partial charge in [0.2, 0.25) is 5.79 Å². The summed E-state index contributed by atoms with van der Waals surface area (Å²) in [6.45, 7) is 18.0. The third-order valence-electron chi connectivity index (χ3n) is 4.36. The van der Waals surface area contributed by atoms with Crippen LogP contribution in [0.5, 0.6) is 0 Å². The van der Waals surface area contributed by atoms with E-state index in [0.717, 1.165) is 0 Å². The standard InChI is InChI=1S/C15H21NO3/c1-10(12(3)17)8-9-11(2)13(4)14(5,16-6)15(13,18)19-7/h8-9,17-18H,1-3,6H2,4-5,7H3/b9-8-. The minimum absolute atomic E-state index is 0.114. The highest BCUT2D eigenvalue weighted by atomic mass is 16.6. The Morgan fingerprint density at radius 2 is 1.74 bits per heavy atom. The van der Waals surface area contributed by atoms with Crippen molar-refractivity contribution in [2.24, 2.45) is 10.4 Å². The first-order valence-electron chi connectivity index (χ1n) is 5.82. The molecule has 0 radical (unpaired) electrons. The van der Waals surface area contributed by atoms with Crippen molar-refractivity contribution in [1.82, 2.24) is 0 Å². The zero-order valence-corrected chi connectivity index (χ0v) is 11.7. The van der Waals surface area contributed by atoms with Crippen LogP contribution in [0, 0.1) is 5.41 Å². The van der Waals surface area contributed by atoms with Gasteiger partial charge in [-0.25, -0.2) is 0 Å². The minimum atomic E-state index is -1.44. The number of ether oxygens (including phenoxy) is 1. The Bertz CT molecular complexity index is 494. The summed E-state index contributed by atoms with van der Waals surface area (Å²) in [5.41, 5.74) is -0.675. The van der Waals surface area contributed by atoms with Crippen LogP contribution in [0.2, 0.25) is 0 Å². The van der Waals surface area contributed by atoms with Crippen molar-refractivity contribution in [3.63, 3.8) is 0 Å². The molecule has 0 spiro atoms. The highest BCUT2D eigenvalue weighted by molar-refractivity contribution is 5.51. The van der Waals surface area contributed by atoms with E-state index in [0.29, 0.717) is 11.1 Å². The van der Waals surface area contributed by atoms with Crippen molar-refractivity contribution in [2.45, 2.75) is 25.2 Å². The minimum Gasteiger partial charge on any atom is -0.508 e. The molecule has 1 aliphatic rings. The fourth-order valence-corrected chi connectivity index (χ4v) is 2.49. The SMILES string of the molecule is C=NC1(C)C(O)(OC)C1(C)C(=C)/C=C\C(=C)C(=C)O. The van der Waals surface area contributed by atoms with Gasteiger partial charge in [-0.2, -0.15) is 0 Å². The Labute approximate surface area is 114 Å². The molecule has 0 heterocycles. The van der Waals surface area contributed by atoms with E-state index >= 15 is 0 Å². The van der Waals surface area contributed by atoms with E-state index in [2.05, 4.69) is 31.4 Å². The number of hydrogen-bond acceptors (Lipinski definition) is 4. The number of rotatable bonds is 6. The summed E-state index contributed by atoms with van der Waals surface area (Å²) < 4.78 is 5.18. The van der Waals surface area contributed by atoms with Crippen LogP contribution < -0.4 is 0 Å². The lowest BCUT2D eigenvalue weighted by molar-refractivity contribution is -0.133. The van der Waals surface area contributed by atoms with E-state index in [1.807, 2.05) is 0 Å². The zero-order valence-electron chi connectivity index (χ0n) is 11.7. The van der Waals surface area contributed by atoms with E-state index in [-0.39, 0.29) is 5.76 Å². The monoisotopic (exact) mass is 263 g/mol. The molecular formula is C15H21NO3. The smallest absolute Gasteiger partial charge is 0.203 e. The Morgan fingerprint density at radius 1 is 1.21 bits per heavy atom. The second-order valence-electron chi connectivity index (χ2n) is 5.03. The van der Waals surface area contributed by atoms with Crippen LogP contribution in [0.1, 0.15) is 13.8 Å². The highest BCUT2D eigenvalue weighted by Gasteiger charge is 2.85. The molecule has 0 aliphatic heterocycles. The van der Waals surface area contributed by atoms with E-state index in [4.69, 9.17) is 4.74 Å². The van der Waals surface area contributed by atoms with Gasteiger partial charge in [0.25, 0.3) is 0 Å². The van der Waals surface area contributed by atoms with Crippen LogP contribution in [0.25, 0.3) is 0 Å². The summed E-state index contributed by atoms with van der Waals surface area (Å²) in [5, 5.41) is 19.7. The zero-order chi connectivity index (χ0) is 15.1. The van der Waals surface area contributed by atoms with Gasteiger partial charge >= 0.3 is 0 Å². The molecule has 0 aromatic heterocycles. The number of aliphatic hydroxyl groups excluding tert-OH is 1. The van der Waals surface area contributed by atoms with Crippen LogP contribution in [0.3, 0.4) is 0 Å². The molecule has 3 atom stereocenters. The van der Waals surface area contributed by atoms with Gasteiger partial charge in [-0.1, -0.05) is 31.9 Å². The van der Waals surface area contributed by atoms with Gasteiger partial charge < -0.3 is 14.9 Å². The summed E-state index contributed by atoms with van der Waals surface area (Å²) in [7, 11) is 1.42. The molecule has 1 fully saturated rings. The van der Waals surface area contributed by atoms with Crippen LogP contribution in [0.4, 0.5) is 0 Å². The van der Waals surface area contributed by atoms with Gasteiger partial charge in [-0.05, 0) is 26.1 Å². The number of allylic oxidation sites excluding steroid dienone is 2. The second-order valence-corrected chi connectivity index (χ2v) is 5.03. The third kappa shape index (κ3) is 1.71. The first-order valence-corrected chi connectivity index (χ1v) is 5.82. The Balaban J connectivity index is 3.04. The predicted octanol–water partition coefficient (Wildman–Crippen LogP) is 2.54. The van der Waals surface area contributed by atoms with Crippen molar-refractivity contribution >= 4 is 6.72 Å². The summed E-state index contributed by atoms with van der Waals surface area (Å²) >= 11 is 0. The van der Waals surface area contributed by atoms with Gasteiger partial charge in [0.05, 0.1) is 5.41 Å². The Kier molecular flexibility index (Phi) is 3.63. The third-order valence-corrected chi connectivity index (χ3v) is 4.36. The first-order chi connectivity index (χ1) is 8.62. The summed E-state index contributed by atoms with van der Waals surface area (Å²) in [6.07, 6.45) is 3.23. The fourth-order valence-electron chi connectivity index (χ4n) is 2.49. The summed E-state index contributed by atoms with van der Waals surface area (Å²) in [4.78, 5) is 3.98. The average Bonchev–Trinajstić information content (AvgIpc) is 2.79. The molecule has 3 unspecified atom stereocenters. The van der Waals surface area contributed by atoms with Crippen molar-refractivity contribution in [1.29, 1.82) is 0 Å². The van der Waals surface area contributed by atoms with Gasteiger partial charge in [0.1, 0.15) is 11.3 Å². The first kappa shape index (κ1) is 15.4. The topological polar surface area (TPSA) is 62.1 Å². The predicted molar refractivity (Wildman–Crippen MR) is 77.2 cm³/mol. The van der Waals surface area contributed by atoms with E-state index in [1.54, 1.807) is 26.0 Å². The molecule has 104 valence electrons. The largest absolute Gasteiger partial charge is 0.508 e. The van der Waals surface area contributed by atoms with E-state index < -0.39 is 16.7 Å². The van der Waals surface area contributed by atoms with Crippen molar-refractivity contribution in [3.05, 3.63) is 48.8 Å². The van der Waals surface area contributed by atoms with E-state index in [9.17, 15) is 10.2 Å². The maximum atomic E-state index is 10.5. The van der Waals surface area contributed by atoms with Gasteiger partial charge in [0.15, 0.2) is 0 Å². The van der Waals surface area contributed by atoms with Crippen molar-refractivity contribution in [2.75, 3.05) is 7.11 Å². The Hall–Kier alpha value is -1.65. The number of aliphatic imine (C=N–C) groups is 1. The molecule has 4 heteroatoms. The molecule has 0 bridgehead atoms. The number of nitrogens with zero attached hydrogens (tertiary/aromatic N) is 1. The fraction of sp³-hybridized carbons (Fsp3) is 0.400. The van der Waals surface area contributed by atoms with Crippen LogP contribution in [-0.4, -0.2) is 35.4 Å². The van der Waals surface area contributed by atoms with Gasteiger partial charge in [-0.3, -0.25) is 4.99 Å². The van der Waals surface area contributed by atoms with Crippen LogP contribution >= 0.6 is 0 Å². The van der Waals surface area contributed by atoms with Gasteiger partial charge in [-0.15, -0.1) is 0 Å². The van der Waals surface area contributed by atoms with E-state index in [1.165, 1.54) is 7.11 Å². The lowest BCUT2D eigenvalue weighted by Gasteiger charge is -2.15. The molecule has 0 saturated heterocycles. The van der Waals surface area contributed by atoms with Crippen molar-refractivity contribution < 1.29 is 14.9 Å². The van der Waals surface area contributed by atoms with Crippen LogP contribution in [0.15, 0.2) is 53.8 Å². The maximum Gasteiger partial charge on any atom is 0.203 e. The number of hydrogen-bond donors (Lipinski definition) is 2. The quantitative estimate of drug-likeness (QED) is 0.335. The second kappa shape index (κ2) is 4.47. The summed E-state index contributed by atoms with van der Waals surface area (Å²) in [6, 6.07) is 0. The lowest BCUT2D eigenvalue weighted by Crippen LogP contribution is -2.23. The molecule has 0 aromatic carbocycles. The van der Waals surface area contributed by atoms with Crippen molar-refractivity contribution in [3.8, 4) is 0 Å². The molecule has 1 aliphatic carbocycles. The molecule has 1 rings (SSSR count). The van der Waals surface area contributed by atoms with Crippen LogP contribution in [-0.2, 0) is 4.74 Å². The molecule has 4 nitrogen and oxygen atoms in total. The molecular weight excluding hydrogens is 242 g/mol. The number of methoxy groups -OCH3 is 1. The lowest BCUT2D eigenvalue weighted by atomic mass is 9.93. The highest BCUT2D eigenvalue weighted by Crippen LogP contribution is 2.70. The maximum absolute atomic E-state index is 10.5. The average molecular weight is 263 g/mol. The molecule has 2 N–H and O–H groups in total. The number of aliphatic hydroxyl groups is 2. The molecule has 0 aromatic rings. The normalized spacial score (nSPS) is 37.1. The van der Waals surface area contributed by atoms with Gasteiger partial charge in [0, 0.05) is 12.7 Å². The summed E-state index contributed by atoms with van der Waals surface area (Å²) in [5.74, 6) is -1.56. The Morgan fingerprint density at radius 3 is 2.05 bits per heavy atom. The molecule has 1 saturated carbocycles. The molecule has 0 amide bonds.